The third-order valence-electron chi connectivity index (χ3n) is 3.22. The molecule has 0 bridgehead atoms. The summed E-state index contributed by atoms with van der Waals surface area (Å²) in [6.45, 7) is 12.1. The topological polar surface area (TPSA) is 29.5 Å². The molecule has 1 unspecified atom stereocenters. The van der Waals surface area contributed by atoms with Crippen molar-refractivity contribution in [2.45, 2.75) is 64.8 Å². The van der Waals surface area contributed by atoms with Crippen molar-refractivity contribution >= 4 is 0 Å². The summed E-state index contributed by atoms with van der Waals surface area (Å²) in [6, 6.07) is 0. The van der Waals surface area contributed by atoms with E-state index in [0.717, 1.165) is 0 Å². The van der Waals surface area contributed by atoms with E-state index in [2.05, 4.69) is 0 Å². The zero-order valence-electron chi connectivity index (χ0n) is 9.64. The van der Waals surface area contributed by atoms with Crippen molar-refractivity contribution in [1.29, 1.82) is 0 Å². The highest BCUT2D eigenvalue weighted by molar-refractivity contribution is 5.07. The highest BCUT2D eigenvalue weighted by Gasteiger charge is 2.57. The lowest BCUT2D eigenvalue weighted by molar-refractivity contribution is -0.142. The second-order valence-corrected chi connectivity index (χ2v) is 5.63. The van der Waals surface area contributed by atoms with Gasteiger partial charge in [0.2, 0.25) is 0 Å². The third kappa shape index (κ3) is 1.62. The zero-order valence-corrected chi connectivity index (χ0v) is 9.64. The Balaban J connectivity index is 3.00. The lowest BCUT2D eigenvalue weighted by atomic mass is 9.75. The molecular formula is C11H22O2. The molecule has 0 aromatic heterocycles. The summed E-state index contributed by atoms with van der Waals surface area (Å²) in [5.41, 5.74) is -1.34. The smallest absolute Gasteiger partial charge is 0.0980 e. The highest BCUT2D eigenvalue weighted by atomic mass is 16.5. The fourth-order valence-electron chi connectivity index (χ4n) is 2.58. The predicted molar refractivity (Wildman–Crippen MR) is 53.6 cm³/mol. The molecule has 0 spiro atoms. The van der Waals surface area contributed by atoms with Crippen LogP contribution >= 0.6 is 0 Å². The van der Waals surface area contributed by atoms with Crippen LogP contribution in [0.1, 0.15) is 48.0 Å². The molecule has 1 rings (SSSR count). The number of rotatable bonds is 1. The van der Waals surface area contributed by atoms with E-state index in [1.165, 1.54) is 0 Å². The van der Waals surface area contributed by atoms with E-state index in [0.29, 0.717) is 6.42 Å². The molecule has 1 fully saturated rings. The summed E-state index contributed by atoms with van der Waals surface area (Å²) in [6.07, 6.45) is 0.713. The molecule has 0 aliphatic carbocycles. The maximum atomic E-state index is 10.5. The molecule has 78 valence electrons. The Hall–Kier alpha value is -0.0800. The first-order chi connectivity index (χ1) is 5.61. The summed E-state index contributed by atoms with van der Waals surface area (Å²) in [4.78, 5) is 0. The van der Waals surface area contributed by atoms with Gasteiger partial charge < -0.3 is 9.84 Å². The third-order valence-corrected chi connectivity index (χ3v) is 3.22. The second kappa shape index (κ2) is 2.71. The molecule has 1 aliphatic heterocycles. The van der Waals surface area contributed by atoms with Crippen LogP contribution in [0.15, 0.2) is 0 Å². The molecule has 1 heterocycles. The predicted octanol–water partition coefficient (Wildman–Crippen LogP) is 2.35. The molecule has 1 atom stereocenters. The van der Waals surface area contributed by atoms with E-state index in [1.807, 2.05) is 41.5 Å². The first-order valence-electron chi connectivity index (χ1n) is 5.03. The van der Waals surface area contributed by atoms with E-state index in [-0.39, 0.29) is 11.5 Å². The van der Waals surface area contributed by atoms with Gasteiger partial charge in [-0.3, -0.25) is 0 Å². The van der Waals surface area contributed by atoms with Crippen LogP contribution in [0.3, 0.4) is 0 Å². The average molecular weight is 186 g/mol. The Morgan fingerprint density at radius 3 is 1.77 bits per heavy atom. The Bertz CT molecular complexity index is 206. The maximum Gasteiger partial charge on any atom is 0.0980 e. The van der Waals surface area contributed by atoms with Gasteiger partial charge in [0.05, 0.1) is 16.8 Å². The summed E-state index contributed by atoms with van der Waals surface area (Å²) in [7, 11) is 0. The van der Waals surface area contributed by atoms with Gasteiger partial charge in [-0.2, -0.15) is 0 Å². The molecule has 0 radical (unpaired) electrons. The van der Waals surface area contributed by atoms with Gasteiger partial charge in [-0.05, 0) is 33.6 Å². The lowest BCUT2D eigenvalue weighted by Gasteiger charge is -2.38. The fourth-order valence-corrected chi connectivity index (χ4v) is 2.58. The first-order valence-corrected chi connectivity index (χ1v) is 5.03. The van der Waals surface area contributed by atoms with E-state index in [1.54, 1.807) is 0 Å². The van der Waals surface area contributed by atoms with Crippen molar-refractivity contribution < 1.29 is 9.84 Å². The number of ether oxygens (including phenoxy) is 1. The molecule has 1 aliphatic rings. The molecule has 0 amide bonds. The molecule has 13 heavy (non-hydrogen) atoms. The van der Waals surface area contributed by atoms with E-state index >= 15 is 0 Å². The zero-order chi connectivity index (χ0) is 10.5. The normalized spacial score (nSPS) is 36.9. The second-order valence-electron chi connectivity index (χ2n) is 5.63. The van der Waals surface area contributed by atoms with Crippen molar-refractivity contribution in [2.24, 2.45) is 5.92 Å². The quantitative estimate of drug-likeness (QED) is 0.681. The molecule has 0 aromatic carbocycles. The van der Waals surface area contributed by atoms with Crippen LogP contribution in [0.25, 0.3) is 0 Å². The van der Waals surface area contributed by atoms with Crippen LogP contribution in [-0.2, 0) is 4.74 Å². The summed E-state index contributed by atoms with van der Waals surface area (Å²) in [5, 5.41) is 10.5. The molecule has 2 heteroatoms. The Morgan fingerprint density at radius 2 is 1.62 bits per heavy atom. The Morgan fingerprint density at radius 1 is 1.15 bits per heavy atom. The summed E-state index contributed by atoms with van der Waals surface area (Å²) >= 11 is 0. The van der Waals surface area contributed by atoms with E-state index in [9.17, 15) is 5.11 Å². The van der Waals surface area contributed by atoms with E-state index in [4.69, 9.17) is 4.74 Å². The SMILES string of the molecule is CC(C)C1(O)CC(C)(C)OC1(C)C. The summed E-state index contributed by atoms with van der Waals surface area (Å²) in [5.74, 6) is 0.226. The van der Waals surface area contributed by atoms with Crippen molar-refractivity contribution in [1.82, 2.24) is 0 Å². The molecular weight excluding hydrogens is 164 g/mol. The average Bonchev–Trinajstić information content (AvgIpc) is 1.97. The minimum atomic E-state index is -0.698. The van der Waals surface area contributed by atoms with Crippen LogP contribution in [-0.4, -0.2) is 21.9 Å². The van der Waals surface area contributed by atoms with Crippen LogP contribution < -0.4 is 0 Å². The highest BCUT2D eigenvalue weighted by Crippen LogP contribution is 2.48. The number of hydrogen-bond acceptors (Lipinski definition) is 2. The van der Waals surface area contributed by atoms with Gasteiger partial charge in [-0.1, -0.05) is 13.8 Å². The Labute approximate surface area is 81.3 Å². The molecule has 1 saturated heterocycles. The van der Waals surface area contributed by atoms with Gasteiger partial charge in [-0.15, -0.1) is 0 Å². The first kappa shape index (κ1) is 11.0. The largest absolute Gasteiger partial charge is 0.387 e. The van der Waals surface area contributed by atoms with Crippen LogP contribution in [0.5, 0.6) is 0 Å². The van der Waals surface area contributed by atoms with Crippen molar-refractivity contribution in [2.75, 3.05) is 0 Å². The fraction of sp³-hybridized carbons (Fsp3) is 1.00. The van der Waals surface area contributed by atoms with Gasteiger partial charge in [-0.25, -0.2) is 0 Å². The summed E-state index contributed by atoms with van der Waals surface area (Å²) < 4.78 is 5.86. The van der Waals surface area contributed by atoms with Crippen molar-refractivity contribution in [3.63, 3.8) is 0 Å². The van der Waals surface area contributed by atoms with Gasteiger partial charge in [0.25, 0.3) is 0 Å². The van der Waals surface area contributed by atoms with Crippen LogP contribution in [0.4, 0.5) is 0 Å². The van der Waals surface area contributed by atoms with Crippen LogP contribution in [0, 0.1) is 5.92 Å². The molecule has 1 N–H and O–H groups in total. The molecule has 0 saturated carbocycles. The van der Waals surface area contributed by atoms with Gasteiger partial charge in [0.15, 0.2) is 0 Å². The van der Waals surface area contributed by atoms with Gasteiger partial charge in [0.1, 0.15) is 0 Å². The number of aliphatic hydroxyl groups is 1. The monoisotopic (exact) mass is 186 g/mol. The minimum absolute atomic E-state index is 0.206. The van der Waals surface area contributed by atoms with Crippen molar-refractivity contribution in [3.8, 4) is 0 Å². The molecule has 2 nitrogen and oxygen atoms in total. The van der Waals surface area contributed by atoms with Gasteiger partial charge in [0, 0.05) is 6.42 Å². The minimum Gasteiger partial charge on any atom is -0.387 e. The van der Waals surface area contributed by atoms with Gasteiger partial charge >= 0.3 is 0 Å². The lowest BCUT2D eigenvalue weighted by Crippen LogP contribution is -2.50. The van der Waals surface area contributed by atoms with Crippen LogP contribution in [0.2, 0.25) is 0 Å². The molecule has 0 aromatic rings. The standard InChI is InChI=1S/C11H22O2/c1-8(2)11(12)7-9(3,4)13-10(11,5)6/h8,12H,7H2,1-6H3. The van der Waals surface area contributed by atoms with E-state index < -0.39 is 11.2 Å². The Kier molecular flexibility index (Phi) is 2.29. The van der Waals surface area contributed by atoms with Crippen molar-refractivity contribution in [3.05, 3.63) is 0 Å². The maximum absolute atomic E-state index is 10.5. The number of hydrogen-bond donors (Lipinski definition) is 1.